The Morgan fingerprint density at radius 1 is 1.02 bits per heavy atom. The molecule has 10 bridgehead atoms. The average molecular weight is 711 g/mol. The van der Waals surface area contributed by atoms with Crippen molar-refractivity contribution in [3.63, 3.8) is 0 Å². The summed E-state index contributed by atoms with van der Waals surface area (Å²) in [5, 5.41) is 21.6. The maximum absolute atomic E-state index is 14.2. The SMILES string of the molecule is CC(C)[C@@H]1NC(=O)[C@@H](NC(=O)[C@@H](O)C(C)(C)C)Cc2ccc3c(c2)[C@]24c5cccc(c5NC2O3)-c2cccc3[nH]cc(c23)-c2cnc(o2)-c2nc1oc24. The van der Waals surface area contributed by atoms with Crippen molar-refractivity contribution in [2.75, 3.05) is 5.32 Å². The van der Waals surface area contributed by atoms with Crippen LogP contribution in [0.2, 0.25) is 0 Å². The number of carbonyl (C=O) groups excluding carboxylic acids is 2. The molecule has 0 saturated heterocycles. The molecule has 1 spiro atoms. The molecule has 3 aromatic heterocycles. The minimum absolute atomic E-state index is 0.161. The molecule has 10 rings (SSSR count). The van der Waals surface area contributed by atoms with Gasteiger partial charge in [0.15, 0.2) is 23.4 Å². The topological polar surface area (TPSA) is 168 Å². The zero-order valence-corrected chi connectivity index (χ0v) is 29.8. The molecule has 0 aliphatic carbocycles. The van der Waals surface area contributed by atoms with Gasteiger partial charge in [0.25, 0.3) is 0 Å². The van der Waals surface area contributed by atoms with E-state index >= 15 is 0 Å². The van der Waals surface area contributed by atoms with E-state index in [2.05, 4.69) is 45.2 Å². The lowest BCUT2D eigenvalue weighted by Crippen LogP contribution is -2.53. The lowest BCUT2D eigenvalue weighted by atomic mass is 9.72. The van der Waals surface area contributed by atoms with Crippen molar-refractivity contribution in [2.24, 2.45) is 11.3 Å². The highest BCUT2D eigenvalue weighted by Gasteiger charge is 2.61. The van der Waals surface area contributed by atoms with E-state index in [-0.39, 0.29) is 24.1 Å². The number of oxazole rings is 2. The van der Waals surface area contributed by atoms with Crippen LogP contribution in [0.1, 0.15) is 69.0 Å². The number of aromatic nitrogens is 3. The van der Waals surface area contributed by atoms with E-state index in [1.54, 1.807) is 27.0 Å². The summed E-state index contributed by atoms with van der Waals surface area (Å²) < 4.78 is 20.4. The standard InChI is InChI=1S/C41H38N6O6/c1-18(2)30-38-46-32-34(53-38)41-23-10-6-9-21(20-8-7-11-25-29(20)22(16-42-25)28-17-43-37(32)51-28)31(23)47-39(41)52-27-13-12-19(14-24(27)41)15-26(35(49)45-30)44-36(50)33(48)40(3,4)5/h6-14,16-18,26,30,33,39,42,47-48H,15H2,1-5H3,(H,44,50)(H,45,49)/t26-,30-,33+,39?,41-/m0/s1. The first kappa shape index (κ1) is 31.8. The van der Waals surface area contributed by atoms with Crippen LogP contribution in [0.4, 0.5) is 5.69 Å². The average Bonchev–Trinajstić information content (AvgIpc) is 3.95. The van der Waals surface area contributed by atoms with Gasteiger partial charge in [-0.2, -0.15) is 0 Å². The number of para-hydroxylation sites is 1. The highest BCUT2D eigenvalue weighted by Crippen LogP contribution is 2.61. The molecular formula is C41H38N6O6. The molecule has 5 atom stereocenters. The molecule has 268 valence electrons. The van der Waals surface area contributed by atoms with Crippen LogP contribution in [0, 0.1) is 11.3 Å². The Hall–Kier alpha value is -5.88. The number of aromatic amines is 1. The first-order valence-electron chi connectivity index (χ1n) is 18.0. The Labute approximate surface area is 304 Å². The predicted octanol–water partition coefficient (Wildman–Crippen LogP) is 6.20. The Kier molecular flexibility index (Phi) is 6.50. The third-order valence-electron chi connectivity index (χ3n) is 11.2. The van der Waals surface area contributed by atoms with Crippen LogP contribution in [0.3, 0.4) is 0 Å². The lowest BCUT2D eigenvalue weighted by molar-refractivity contribution is -0.138. The first-order chi connectivity index (χ1) is 25.4. The summed E-state index contributed by atoms with van der Waals surface area (Å²) in [6.07, 6.45) is 1.83. The fourth-order valence-corrected chi connectivity index (χ4v) is 8.50. The Balaban J connectivity index is 1.26. The summed E-state index contributed by atoms with van der Waals surface area (Å²) in [6, 6.07) is 16.6. The molecule has 4 aliphatic heterocycles. The maximum atomic E-state index is 14.2. The van der Waals surface area contributed by atoms with Gasteiger partial charge >= 0.3 is 0 Å². The molecular weight excluding hydrogens is 672 g/mol. The quantitative estimate of drug-likeness (QED) is 0.144. The Bertz CT molecular complexity index is 2520. The fraction of sp³-hybridized carbons (Fsp3) is 0.317. The van der Waals surface area contributed by atoms with Crippen LogP contribution in [-0.2, 0) is 21.4 Å². The predicted molar refractivity (Wildman–Crippen MR) is 196 cm³/mol. The number of hydrogen-bond acceptors (Lipinski definition) is 9. The number of ether oxygens (including phenoxy) is 1. The monoisotopic (exact) mass is 710 g/mol. The molecule has 2 amide bonds. The summed E-state index contributed by atoms with van der Waals surface area (Å²) in [5.74, 6) is 1.000. The second-order valence-corrected chi connectivity index (χ2v) is 16.0. The number of nitrogens with one attached hydrogen (secondary N) is 4. The van der Waals surface area contributed by atoms with Crippen molar-refractivity contribution in [2.45, 2.75) is 70.9 Å². The van der Waals surface area contributed by atoms with Gasteiger partial charge in [0.1, 0.15) is 29.4 Å². The van der Waals surface area contributed by atoms with Gasteiger partial charge in [-0.3, -0.25) is 9.59 Å². The molecule has 5 N–H and O–H groups in total. The van der Waals surface area contributed by atoms with Gasteiger partial charge in [-0.15, -0.1) is 0 Å². The minimum Gasteiger partial charge on any atom is -0.469 e. The number of fused-ring (bicyclic) bond motifs is 7. The van der Waals surface area contributed by atoms with Crippen molar-refractivity contribution < 1.29 is 28.3 Å². The largest absolute Gasteiger partial charge is 0.469 e. The van der Waals surface area contributed by atoms with E-state index in [1.165, 1.54) is 0 Å². The van der Waals surface area contributed by atoms with Gasteiger partial charge in [-0.05, 0) is 34.6 Å². The van der Waals surface area contributed by atoms with Crippen LogP contribution in [-0.4, -0.2) is 50.2 Å². The fourth-order valence-electron chi connectivity index (χ4n) is 8.50. The molecule has 53 heavy (non-hydrogen) atoms. The van der Waals surface area contributed by atoms with E-state index in [1.807, 2.05) is 50.4 Å². The maximum Gasteiger partial charge on any atom is 0.250 e. The van der Waals surface area contributed by atoms with E-state index < -0.39 is 47.1 Å². The van der Waals surface area contributed by atoms with E-state index in [0.29, 0.717) is 23.0 Å². The zero-order valence-electron chi connectivity index (χ0n) is 29.8. The van der Waals surface area contributed by atoms with Crippen molar-refractivity contribution in [1.82, 2.24) is 25.6 Å². The van der Waals surface area contributed by atoms with E-state index in [4.69, 9.17) is 23.5 Å². The second-order valence-electron chi connectivity index (χ2n) is 16.0. The zero-order chi connectivity index (χ0) is 36.6. The third-order valence-corrected chi connectivity index (χ3v) is 11.2. The number of aliphatic hydroxyl groups excluding tert-OH is 1. The molecule has 0 radical (unpaired) electrons. The number of H-pyrrole nitrogens is 1. The first-order valence-corrected chi connectivity index (χ1v) is 18.0. The molecule has 0 saturated carbocycles. The molecule has 1 unspecified atom stereocenters. The van der Waals surface area contributed by atoms with Gasteiger partial charge in [-0.1, -0.05) is 77.1 Å². The molecule has 6 aromatic rings. The van der Waals surface area contributed by atoms with E-state index in [0.717, 1.165) is 50.0 Å². The number of aliphatic hydroxyl groups is 1. The summed E-state index contributed by atoms with van der Waals surface area (Å²) in [6.45, 7) is 9.26. The van der Waals surface area contributed by atoms with Crippen LogP contribution in [0.25, 0.3) is 44.9 Å². The van der Waals surface area contributed by atoms with Crippen molar-refractivity contribution in [3.05, 3.63) is 95.3 Å². The number of benzene rings is 3. The van der Waals surface area contributed by atoms with Gasteiger partial charge in [0.2, 0.25) is 23.6 Å². The Morgan fingerprint density at radius 2 is 1.83 bits per heavy atom. The smallest absolute Gasteiger partial charge is 0.250 e. The summed E-state index contributed by atoms with van der Waals surface area (Å²) >= 11 is 0. The molecule has 0 fully saturated rings. The van der Waals surface area contributed by atoms with Crippen LogP contribution in [0.5, 0.6) is 5.75 Å². The highest BCUT2D eigenvalue weighted by atomic mass is 16.5. The molecule has 12 nitrogen and oxygen atoms in total. The minimum atomic E-state index is -1.33. The van der Waals surface area contributed by atoms with Gasteiger partial charge in [0.05, 0.1) is 6.20 Å². The third kappa shape index (κ3) is 4.38. The molecule has 3 aromatic carbocycles. The van der Waals surface area contributed by atoms with Gasteiger partial charge < -0.3 is 39.6 Å². The molecule has 4 aliphatic rings. The number of hydrogen-bond donors (Lipinski definition) is 5. The Morgan fingerprint density at radius 3 is 2.64 bits per heavy atom. The van der Waals surface area contributed by atoms with Crippen molar-refractivity contribution in [3.8, 4) is 39.8 Å². The van der Waals surface area contributed by atoms with E-state index in [9.17, 15) is 14.7 Å². The van der Waals surface area contributed by atoms with Gasteiger partial charge in [-0.25, -0.2) is 9.97 Å². The number of amides is 2. The summed E-state index contributed by atoms with van der Waals surface area (Å²) in [4.78, 5) is 40.9. The molecule has 12 heteroatoms. The second kappa shape index (κ2) is 10.8. The molecule has 7 heterocycles. The van der Waals surface area contributed by atoms with Crippen LogP contribution >= 0.6 is 0 Å². The van der Waals surface area contributed by atoms with Gasteiger partial charge in [0, 0.05) is 51.5 Å². The summed E-state index contributed by atoms with van der Waals surface area (Å²) in [5.41, 5.74) is 5.86. The number of nitrogens with zero attached hydrogens (tertiary/aromatic N) is 2. The lowest BCUT2D eigenvalue weighted by Gasteiger charge is -2.30. The number of rotatable bonds is 3. The van der Waals surface area contributed by atoms with Crippen LogP contribution in [0.15, 0.2) is 75.8 Å². The summed E-state index contributed by atoms with van der Waals surface area (Å²) in [7, 11) is 0. The van der Waals surface area contributed by atoms with Crippen LogP contribution < -0.4 is 20.7 Å². The van der Waals surface area contributed by atoms with Crippen molar-refractivity contribution >= 4 is 28.4 Å². The van der Waals surface area contributed by atoms with Crippen molar-refractivity contribution in [1.29, 1.82) is 0 Å². The normalized spacial score (nSPS) is 22.6. The highest BCUT2D eigenvalue weighted by molar-refractivity contribution is 6.07. The number of anilines is 1. The number of carbonyl (C=O) groups is 2.